The fraction of sp³-hybridized carbons (Fsp3) is 0. The third-order valence-electron chi connectivity index (χ3n) is 0.714. The zero-order chi connectivity index (χ0) is 10.5. The Morgan fingerprint density at radius 2 is 1.62 bits per heavy atom. The van der Waals surface area contributed by atoms with Crippen LogP contribution in [0.2, 0.25) is 10.2 Å². The van der Waals surface area contributed by atoms with Gasteiger partial charge in [-0.15, -0.1) is 0 Å². The van der Waals surface area contributed by atoms with Crippen molar-refractivity contribution in [2.75, 3.05) is 0 Å². The van der Waals surface area contributed by atoms with Crippen LogP contribution < -0.4 is 0 Å². The van der Waals surface area contributed by atoms with Gasteiger partial charge in [-0.1, -0.05) is 23.2 Å². The Balaban J connectivity index is 0.000000252. The van der Waals surface area contributed by atoms with E-state index in [-0.39, 0.29) is 0 Å². The van der Waals surface area contributed by atoms with E-state index >= 15 is 0 Å². The van der Waals surface area contributed by atoms with E-state index in [0.717, 1.165) is 0 Å². The van der Waals surface area contributed by atoms with Crippen LogP contribution in [0.25, 0.3) is 0 Å². The predicted molar refractivity (Wildman–Crippen MR) is 44.4 cm³/mol. The van der Waals surface area contributed by atoms with Crippen molar-refractivity contribution in [1.29, 1.82) is 0 Å². The first-order chi connectivity index (χ1) is 5.80. The molecule has 0 bridgehead atoms. The van der Waals surface area contributed by atoms with Crippen LogP contribution in [0, 0.1) is 0 Å². The molecule has 0 aliphatic carbocycles. The summed E-state index contributed by atoms with van der Waals surface area (Å²) < 4.78 is 39.0. The first-order valence-corrected chi connectivity index (χ1v) is 3.69. The van der Waals surface area contributed by atoms with E-state index in [1.807, 2.05) is 0 Å². The van der Waals surface area contributed by atoms with Crippen molar-refractivity contribution in [3.63, 3.8) is 0 Å². The van der Waals surface area contributed by atoms with Gasteiger partial charge in [-0.25, -0.2) is 4.98 Å². The molecule has 0 fully saturated rings. The molecule has 8 heteroatoms. The van der Waals surface area contributed by atoms with Crippen LogP contribution in [-0.2, 0) is 0 Å². The first kappa shape index (κ1) is 12.5. The van der Waals surface area contributed by atoms with E-state index in [4.69, 9.17) is 23.2 Å². The molecule has 0 spiro atoms. The highest BCUT2D eigenvalue weighted by Crippen LogP contribution is 2.16. The zero-order valence-electron chi connectivity index (χ0n) is 6.02. The summed E-state index contributed by atoms with van der Waals surface area (Å²) in [5.74, 6) is 0. The third kappa shape index (κ3) is 9.43. The molecule has 1 heterocycles. The summed E-state index contributed by atoms with van der Waals surface area (Å²) in [4.78, 5) is 3.71. The van der Waals surface area contributed by atoms with Crippen LogP contribution in [0.3, 0.4) is 0 Å². The van der Waals surface area contributed by atoms with E-state index in [9.17, 15) is 17.3 Å². The van der Waals surface area contributed by atoms with Crippen LogP contribution in [0.5, 0.6) is 0 Å². The van der Waals surface area contributed by atoms with Crippen molar-refractivity contribution in [1.82, 2.24) is 4.98 Å². The van der Waals surface area contributed by atoms with Gasteiger partial charge in [0.15, 0.2) is 0 Å². The minimum atomic E-state index is -6.00. The van der Waals surface area contributed by atoms with Gasteiger partial charge in [-0.3, -0.25) is 0 Å². The molecule has 1 aromatic heterocycles. The molecule has 0 atom stereocenters. The summed E-state index contributed by atoms with van der Waals surface area (Å²) in [5, 5.41) is 0.850. The quantitative estimate of drug-likeness (QED) is 0.379. The number of pyridine rings is 1. The van der Waals surface area contributed by atoms with E-state index < -0.39 is 7.25 Å². The highest BCUT2D eigenvalue weighted by atomic mass is 35.5. The Labute approximate surface area is 81.8 Å². The van der Waals surface area contributed by atoms with Crippen LogP contribution in [-0.4, -0.2) is 12.2 Å². The molecule has 1 rings (SSSR count). The highest BCUT2D eigenvalue weighted by molar-refractivity contribution is 6.50. The molecule has 74 valence electrons. The Morgan fingerprint density at radius 1 is 1.15 bits per heavy atom. The standard InChI is InChI=1S/C5H3Cl2N.BF4/c6-4-2-1-3-8-5(4)7;2-1(3,4)5/h1-3H;/q;-1. The summed E-state index contributed by atoms with van der Waals surface area (Å²) in [6, 6.07) is 3.42. The van der Waals surface area contributed by atoms with Gasteiger partial charge in [0, 0.05) is 6.20 Å². The molecule has 0 unspecified atom stereocenters. The predicted octanol–water partition coefficient (Wildman–Crippen LogP) is 3.69. The lowest BCUT2D eigenvalue weighted by Crippen LogP contribution is -2.02. The molecule has 0 aliphatic heterocycles. The second-order valence-electron chi connectivity index (χ2n) is 1.77. The maximum absolute atomic E-state index is 9.75. The second-order valence-corrected chi connectivity index (χ2v) is 2.54. The smallest absolute Gasteiger partial charge is 0.418 e. The molecule has 0 amide bonds. The van der Waals surface area contributed by atoms with Crippen molar-refractivity contribution < 1.29 is 17.3 Å². The van der Waals surface area contributed by atoms with Crippen LogP contribution in [0.4, 0.5) is 17.3 Å². The maximum Gasteiger partial charge on any atom is 0.673 e. The summed E-state index contributed by atoms with van der Waals surface area (Å²) in [5.41, 5.74) is 0. The van der Waals surface area contributed by atoms with Gasteiger partial charge >= 0.3 is 7.25 Å². The molecule has 1 aromatic rings. The number of rotatable bonds is 0. The first-order valence-electron chi connectivity index (χ1n) is 2.94. The lowest BCUT2D eigenvalue weighted by molar-refractivity contribution is 0.368. The normalized spacial score (nSPS) is 10.3. The number of halogens is 6. The van der Waals surface area contributed by atoms with Crippen molar-refractivity contribution >= 4 is 30.5 Å². The Bertz CT molecular complexity index is 240. The van der Waals surface area contributed by atoms with Gasteiger partial charge in [-0.2, -0.15) is 0 Å². The van der Waals surface area contributed by atoms with Crippen molar-refractivity contribution in [3.05, 3.63) is 28.5 Å². The van der Waals surface area contributed by atoms with E-state index in [1.165, 1.54) is 0 Å². The van der Waals surface area contributed by atoms with E-state index in [2.05, 4.69) is 4.98 Å². The van der Waals surface area contributed by atoms with Gasteiger partial charge in [0.1, 0.15) is 5.15 Å². The molecule has 0 saturated heterocycles. The minimum absolute atomic E-state index is 0.356. The highest BCUT2D eigenvalue weighted by Gasteiger charge is 2.20. The van der Waals surface area contributed by atoms with Gasteiger partial charge in [0.25, 0.3) is 0 Å². The Morgan fingerprint density at radius 3 is 1.85 bits per heavy atom. The average molecular weight is 235 g/mol. The lowest BCUT2D eigenvalue weighted by atomic mass is 10.3. The third-order valence-corrected chi connectivity index (χ3v) is 1.42. The summed E-state index contributed by atoms with van der Waals surface area (Å²) >= 11 is 11.0. The maximum atomic E-state index is 9.75. The Hall–Kier alpha value is -0.485. The Kier molecular flexibility index (Phi) is 5.09. The number of nitrogens with zero attached hydrogens (tertiary/aromatic N) is 1. The van der Waals surface area contributed by atoms with Crippen LogP contribution >= 0.6 is 23.2 Å². The average Bonchev–Trinajstić information content (AvgIpc) is 1.92. The number of hydrogen-bond acceptors (Lipinski definition) is 1. The fourth-order valence-electron chi connectivity index (χ4n) is 0.366. The lowest BCUT2D eigenvalue weighted by Gasteiger charge is -1.94. The second kappa shape index (κ2) is 5.29. The molecule has 1 nitrogen and oxygen atoms in total. The van der Waals surface area contributed by atoms with E-state index in [1.54, 1.807) is 18.3 Å². The SMILES string of the molecule is Clc1cccnc1Cl.F[B-](F)(F)F. The van der Waals surface area contributed by atoms with Gasteiger partial charge in [0.05, 0.1) is 5.02 Å². The summed E-state index contributed by atoms with van der Waals surface area (Å²) in [7, 11) is -6.00. The minimum Gasteiger partial charge on any atom is -0.418 e. The number of aromatic nitrogens is 1. The molecule has 0 aliphatic rings. The van der Waals surface area contributed by atoms with Gasteiger partial charge < -0.3 is 17.3 Å². The fourth-order valence-corrected chi connectivity index (χ4v) is 0.607. The molecule has 0 radical (unpaired) electrons. The molecule has 0 N–H and O–H groups in total. The molecular formula is C5H3BCl2F4N-. The summed E-state index contributed by atoms with van der Waals surface area (Å²) in [6.45, 7) is 0. The zero-order valence-corrected chi connectivity index (χ0v) is 7.54. The van der Waals surface area contributed by atoms with Crippen LogP contribution in [0.15, 0.2) is 18.3 Å². The van der Waals surface area contributed by atoms with Gasteiger partial charge in [-0.05, 0) is 12.1 Å². The molecule has 13 heavy (non-hydrogen) atoms. The topological polar surface area (TPSA) is 12.9 Å². The van der Waals surface area contributed by atoms with Crippen molar-refractivity contribution in [2.24, 2.45) is 0 Å². The molecule has 0 saturated carbocycles. The monoisotopic (exact) mass is 234 g/mol. The largest absolute Gasteiger partial charge is 0.673 e. The van der Waals surface area contributed by atoms with Crippen LogP contribution in [0.1, 0.15) is 0 Å². The van der Waals surface area contributed by atoms with E-state index in [0.29, 0.717) is 10.2 Å². The van der Waals surface area contributed by atoms with Crippen molar-refractivity contribution in [2.45, 2.75) is 0 Å². The van der Waals surface area contributed by atoms with Crippen molar-refractivity contribution in [3.8, 4) is 0 Å². The molecular weight excluding hydrogens is 232 g/mol. The number of hydrogen-bond donors (Lipinski definition) is 0. The summed E-state index contributed by atoms with van der Waals surface area (Å²) in [6.07, 6.45) is 1.59. The van der Waals surface area contributed by atoms with Gasteiger partial charge in [0.2, 0.25) is 0 Å². The molecule has 0 aromatic carbocycles.